The molecule has 2 N–H and O–H groups in total. The molecule has 2 amide bonds. The maximum atomic E-state index is 13.3. The van der Waals surface area contributed by atoms with E-state index in [1.807, 2.05) is 0 Å². The minimum Gasteiger partial charge on any atom is -0.484 e. The highest BCUT2D eigenvalue weighted by Crippen LogP contribution is 2.20. The van der Waals surface area contributed by atoms with Crippen molar-refractivity contribution >= 4 is 23.4 Å². The summed E-state index contributed by atoms with van der Waals surface area (Å²) in [7, 11) is 1.44. The van der Waals surface area contributed by atoms with Gasteiger partial charge in [-0.05, 0) is 12.1 Å². The SMILES string of the molecule is C=C(CCNC(=O)COc1ccc(Cl)c(F)c1)NC(=O)c1cnc(OC)cn1. The molecule has 0 aliphatic carbocycles. The highest BCUT2D eigenvalue weighted by atomic mass is 35.5. The smallest absolute Gasteiger partial charge is 0.275 e. The van der Waals surface area contributed by atoms with Crippen molar-refractivity contribution in [2.45, 2.75) is 6.42 Å². The van der Waals surface area contributed by atoms with Crippen LogP contribution in [0, 0.1) is 5.82 Å². The zero-order chi connectivity index (χ0) is 20.5. The fraction of sp³-hybridized carbons (Fsp3) is 0.222. The topological polar surface area (TPSA) is 102 Å². The van der Waals surface area contributed by atoms with Gasteiger partial charge < -0.3 is 20.1 Å². The number of carbonyl (C=O) groups is 2. The van der Waals surface area contributed by atoms with Crippen LogP contribution in [0.4, 0.5) is 4.39 Å². The maximum Gasteiger partial charge on any atom is 0.275 e. The molecule has 0 atom stereocenters. The van der Waals surface area contributed by atoms with Crippen molar-refractivity contribution in [3.63, 3.8) is 0 Å². The van der Waals surface area contributed by atoms with Gasteiger partial charge in [-0.25, -0.2) is 14.4 Å². The molecule has 0 saturated heterocycles. The van der Waals surface area contributed by atoms with Gasteiger partial charge in [0.25, 0.3) is 11.8 Å². The minimum atomic E-state index is -0.631. The Labute approximate surface area is 165 Å². The molecule has 1 heterocycles. The number of methoxy groups -OCH3 is 1. The molecule has 1 aromatic carbocycles. The van der Waals surface area contributed by atoms with Gasteiger partial charge in [-0.2, -0.15) is 0 Å². The first kappa shape index (κ1) is 21.1. The molecule has 0 aliphatic heterocycles. The summed E-state index contributed by atoms with van der Waals surface area (Å²) in [6, 6.07) is 3.89. The zero-order valence-corrected chi connectivity index (χ0v) is 15.8. The number of aromatic nitrogens is 2. The number of nitrogens with one attached hydrogen (secondary N) is 2. The number of hydrogen-bond donors (Lipinski definition) is 2. The Kier molecular flexibility index (Phi) is 7.70. The molecule has 0 aliphatic rings. The summed E-state index contributed by atoms with van der Waals surface area (Å²) in [5.74, 6) is -1.03. The first-order valence-corrected chi connectivity index (χ1v) is 8.46. The Bertz CT molecular complexity index is 861. The lowest BCUT2D eigenvalue weighted by atomic mass is 10.3. The van der Waals surface area contributed by atoms with Crippen molar-refractivity contribution in [3.05, 3.63) is 59.4 Å². The molecular formula is C18H18ClFN4O4. The van der Waals surface area contributed by atoms with Gasteiger partial charge in [0.05, 0.1) is 24.5 Å². The molecule has 10 heteroatoms. The van der Waals surface area contributed by atoms with Crippen molar-refractivity contribution < 1.29 is 23.5 Å². The van der Waals surface area contributed by atoms with Crippen LogP contribution in [-0.2, 0) is 4.79 Å². The van der Waals surface area contributed by atoms with E-state index in [-0.39, 0.29) is 29.6 Å². The second-order valence-electron chi connectivity index (χ2n) is 5.47. The molecule has 148 valence electrons. The Balaban J connectivity index is 1.68. The molecule has 0 unspecified atom stereocenters. The van der Waals surface area contributed by atoms with E-state index in [0.717, 1.165) is 6.07 Å². The fourth-order valence-electron chi connectivity index (χ4n) is 1.95. The average molecular weight is 409 g/mol. The van der Waals surface area contributed by atoms with Crippen molar-refractivity contribution in [2.24, 2.45) is 0 Å². The van der Waals surface area contributed by atoms with Crippen LogP contribution in [0.1, 0.15) is 16.9 Å². The summed E-state index contributed by atoms with van der Waals surface area (Å²) in [4.78, 5) is 31.6. The summed E-state index contributed by atoms with van der Waals surface area (Å²) in [5, 5.41) is 5.13. The predicted molar refractivity (Wildman–Crippen MR) is 99.7 cm³/mol. The third kappa shape index (κ3) is 6.51. The molecule has 8 nitrogen and oxygen atoms in total. The third-order valence-corrected chi connectivity index (χ3v) is 3.68. The lowest BCUT2D eigenvalue weighted by Gasteiger charge is -2.10. The highest BCUT2D eigenvalue weighted by Gasteiger charge is 2.10. The normalized spacial score (nSPS) is 10.1. The Hall–Kier alpha value is -3.20. The van der Waals surface area contributed by atoms with E-state index in [4.69, 9.17) is 21.1 Å². The Morgan fingerprint density at radius 1 is 1.29 bits per heavy atom. The van der Waals surface area contributed by atoms with E-state index in [1.54, 1.807) is 0 Å². The largest absolute Gasteiger partial charge is 0.484 e. The first-order chi connectivity index (χ1) is 13.4. The molecule has 0 spiro atoms. The van der Waals surface area contributed by atoms with Crippen LogP contribution in [-0.4, -0.2) is 42.0 Å². The molecule has 0 fully saturated rings. The van der Waals surface area contributed by atoms with Gasteiger partial charge in [-0.15, -0.1) is 0 Å². The van der Waals surface area contributed by atoms with Crippen LogP contribution >= 0.6 is 11.6 Å². The van der Waals surface area contributed by atoms with E-state index in [0.29, 0.717) is 18.0 Å². The van der Waals surface area contributed by atoms with Gasteiger partial charge in [0.15, 0.2) is 6.61 Å². The highest BCUT2D eigenvalue weighted by molar-refractivity contribution is 6.30. The predicted octanol–water partition coefficient (Wildman–Crippen LogP) is 2.11. The summed E-state index contributed by atoms with van der Waals surface area (Å²) >= 11 is 5.57. The summed E-state index contributed by atoms with van der Waals surface area (Å²) in [6.45, 7) is 3.66. The van der Waals surface area contributed by atoms with Crippen molar-refractivity contribution in [3.8, 4) is 11.6 Å². The van der Waals surface area contributed by atoms with Gasteiger partial charge in [-0.3, -0.25) is 9.59 Å². The molecule has 28 heavy (non-hydrogen) atoms. The number of nitrogens with zero attached hydrogens (tertiary/aromatic N) is 2. The van der Waals surface area contributed by atoms with Crippen molar-refractivity contribution in [1.29, 1.82) is 0 Å². The molecule has 2 aromatic rings. The van der Waals surface area contributed by atoms with Gasteiger partial charge in [0.2, 0.25) is 5.88 Å². The van der Waals surface area contributed by atoms with E-state index in [9.17, 15) is 14.0 Å². The van der Waals surface area contributed by atoms with Crippen LogP contribution < -0.4 is 20.1 Å². The molecule has 0 saturated carbocycles. The minimum absolute atomic E-state index is 0.0296. The van der Waals surface area contributed by atoms with E-state index in [1.165, 1.54) is 31.6 Å². The Morgan fingerprint density at radius 3 is 2.71 bits per heavy atom. The van der Waals surface area contributed by atoms with Crippen molar-refractivity contribution in [2.75, 3.05) is 20.3 Å². The molecule has 1 aromatic heterocycles. The van der Waals surface area contributed by atoms with Gasteiger partial charge in [0.1, 0.15) is 17.3 Å². The van der Waals surface area contributed by atoms with Crippen LogP contribution in [0.2, 0.25) is 5.02 Å². The van der Waals surface area contributed by atoms with E-state index in [2.05, 4.69) is 27.2 Å². The number of rotatable bonds is 9. The second kappa shape index (κ2) is 10.2. The van der Waals surface area contributed by atoms with Crippen LogP contribution in [0.3, 0.4) is 0 Å². The molecular weight excluding hydrogens is 391 g/mol. The second-order valence-corrected chi connectivity index (χ2v) is 5.87. The number of carbonyl (C=O) groups excluding carboxylic acids is 2. The number of amides is 2. The number of benzene rings is 1. The summed E-state index contributed by atoms with van der Waals surface area (Å²) < 4.78 is 23.3. The Morgan fingerprint density at radius 2 is 2.07 bits per heavy atom. The number of hydrogen-bond acceptors (Lipinski definition) is 6. The van der Waals surface area contributed by atoms with Crippen LogP contribution in [0.25, 0.3) is 0 Å². The van der Waals surface area contributed by atoms with Gasteiger partial charge in [0, 0.05) is 24.7 Å². The van der Waals surface area contributed by atoms with Crippen LogP contribution in [0.5, 0.6) is 11.6 Å². The number of ether oxygens (including phenoxy) is 2. The lowest BCUT2D eigenvalue weighted by molar-refractivity contribution is -0.123. The molecule has 0 radical (unpaired) electrons. The first-order valence-electron chi connectivity index (χ1n) is 8.08. The lowest BCUT2D eigenvalue weighted by Crippen LogP contribution is -2.31. The van der Waals surface area contributed by atoms with Crippen molar-refractivity contribution in [1.82, 2.24) is 20.6 Å². The van der Waals surface area contributed by atoms with Gasteiger partial charge >= 0.3 is 0 Å². The molecule has 2 rings (SSSR count). The van der Waals surface area contributed by atoms with E-state index < -0.39 is 17.6 Å². The van der Waals surface area contributed by atoms with Gasteiger partial charge in [-0.1, -0.05) is 18.2 Å². The van der Waals surface area contributed by atoms with E-state index >= 15 is 0 Å². The standard InChI is InChI=1S/C18H18ClFN4O4/c1-11(24-18(26)15-8-23-17(27-2)9-22-15)5-6-21-16(25)10-28-12-3-4-13(19)14(20)7-12/h3-4,7-9H,1,5-6,10H2,2H3,(H,21,25)(H,24,26). The monoisotopic (exact) mass is 408 g/mol. The fourth-order valence-corrected chi connectivity index (χ4v) is 2.06. The average Bonchev–Trinajstić information content (AvgIpc) is 2.69. The molecule has 0 bridgehead atoms. The third-order valence-electron chi connectivity index (χ3n) is 3.37. The summed E-state index contributed by atoms with van der Waals surface area (Å²) in [5.41, 5.74) is 0.498. The number of halogens is 2. The zero-order valence-electron chi connectivity index (χ0n) is 15.0. The summed E-state index contributed by atoms with van der Waals surface area (Å²) in [6.07, 6.45) is 2.90. The quantitative estimate of drug-likeness (QED) is 0.658. The van der Waals surface area contributed by atoms with Crippen LogP contribution in [0.15, 0.2) is 42.9 Å². The maximum absolute atomic E-state index is 13.3.